The highest BCUT2D eigenvalue weighted by molar-refractivity contribution is 7.07. The minimum atomic E-state index is -0.135. The number of rotatable bonds is 3. The fraction of sp³-hybridized carbons (Fsp3) is 0.143. The van der Waals surface area contributed by atoms with Crippen LogP contribution in [-0.4, -0.2) is 11.7 Å². The van der Waals surface area contributed by atoms with E-state index in [1.807, 2.05) is 53.1 Å². The molecule has 4 aromatic rings. The van der Waals surface area contributed by atoms with Crippen LogP contribution in [0.15, 0.2) is 94.2 Å². The molecule has 33 heavy (non-hydrogen) atoms. The summed E-state index contributed by atoms with van der Waals surface area (Å²) in [5.41, 5.74) is 6.86. The van der Waals surface area contributed by atoms with Gasteiger partial charge in [-0.15, -0.1) is 0 Å². The number of aromatic nitrogens is 1. The van der Waals surface area contributed by atoms with Gasteiger partial charge < -0.3 is 4.74 Å². The molecular weight excluding hydrogens is 428 g/mol. The van der Waals surface area contributed by atoms with Crippen LogP contribution in [0.25, 0.3) is 11.8 Å². The van der Waals surface area contributed by atoms with Crippen molar-refractivity contribution in [3.05, 3.63) is 126 Å². The molecule has 0 radical (unpaired) electrons. The fourth-order valence-corrected chi connectivity index (χ4v) is 5.81. The van der Waals surface area contributed by atoms with Gasteiger partial charge in [-0.1, -0.05) is 78.1 Å². The smallest absolute Gasteiger partial charge is 0.271 e. The van der Waals surface area contributed by atoms with Gasteiger partial charge in [0.2, 0.25) is 0 Å². The lowest BCUT2D eigenvalue weighted by Crippen LogP contribution is -2.38. The van der Waals surface area contributed by atoms with Gasteiger partial charge in [0.15, 0.2) is 4.80 Å². The average Bonchev–Trinajstić information content (AvgIpc) is 3.18. The Hall–Kier alpha value is -3.70. The van der Waals surface area contributed by atoms with Gasteiger partial charge in [0.25, 0.3) is 5.56 Å². The average molecular weight is 451 g/mol. The predicted molar refractivity (Wildman–Crippen MR) is 132 cm³/mol. The molecule has 0 bridgehead atoms. The van der Waals surface area contributed by atoms with E-state index in [0.29, 0.717) is 4.53 Å². The van der Waals surface area contributed by atoms with Crippen molar-refractivity contribution >= 4 is 23.1 Å². The quantitative estimate of drug-likeness (QED) is 0.466. The number of benzene rings is 3. The van der Waals surface area contributed by atoms with Crippen molar-refractivity contribution in [1.29, 1.82) is 0 Å². The number of hydrogen-bond donors (Lipinski definition) is 0. The van der Waals surface area contributed by atoms with E-state index in [1.54, 1.807) is 7.11 Å². The summed E-state index contributed by atoms with van der Waals surface area (Å²) in [5.74, 6) is 0.795. The molecule has 0 amide bonds. The van der Waals surface area contributed by atoms with Gasteiger partial charge in [0, 0.05) is 5.56 Å². The molecule has 2 heterocycles. The number of aryl methyl sites for hydroxylation is 1. The summed E-state index contributed by atoms with van der Waals surface area (Å²) < 4.78 is 7.84. The zero-order valence-corrected chi connectivity index (χ0v) is 19.0. The van der Waals surface area contributed by atoms with Crippen molar-refractivity contribution in [2.75, 3.05) is 7.11 Å². The first-order valence-corrected chi connectivity index (χ1v) is 11.9. The van der Waals surface area contributed by atoms with Gasteiger partial charge in [0.05, 0.1) is 23.4 Å². The maximum absolute atomic E-state index is 13.7. The number of ether oxygens (including phenoxy) is 1. The Bertz CT molecular complexity index is 1560. The minimum Gasteiger partial charge on any atom is -0.497 e. The molecule has 1 atom stereocenters. The molecule has 1 aromatic heterocycles. The first-order valence-electron chi connectivity index (χ1n) is 11.0. The normalized spacial score (nSPS) is 17.1. The van der Waals surface area contributed by atoms with E-state index < -0.39 is 0 Å². The van der Waals surface area contributed by atoms with Gasteiger partial charge >= 0.3 is 0 Å². The van der Waals surface area contributed by atoms with Crippen molar-refractivity contribution in [1.82, 2.24) is 4.57 Å². The van der Waals surface area contributed by atoms with Crippen LogP contribution in [-0.2, 0) is 6.42 Å². The summed E-state index contributed by atoms with van der Waals surface area (Å²) in [6, 6.07) is 26.4. The summed E-state index contributed by atoms with van der Waals surface area (Å²) in [6.45, 7) is 0. The molecule has 2 aliphatic rings. The first kappa shape index (κ1) is 19.9. The van der Waals surface area contributed by atoms with Gasteiger partial charge in [-0.3, -0.25) is 9.36 Å². The van der Waals surface area contributed by atoms with Crippen LogP contribution >= 0.6 is 11.3 Å². The highest BCUT2D eigenvalue weighted by Gasteiger charge is 2.32. The zero-order valence-electron chi connectivity index (χ0n) is 18.2. The van der Waals surface area contributed by atoms with Crippen LogP contribution in [0.4, 0.5) is 0 Å². The van der Waals surface area contributed by atoms with Gasteiger partial charge in [-0.05, 0) is 53.3 Å². The molecular formula is C28H22N2O2S. The van der Waals surface area contributed by atoms with Crippen LogP contribution in [0.5, 0.6) is 5.75 Å². The largest absolute Gasteiger partial charge is 0.497 e. The Labute approximate surface area is 195 Å². The van der Waals surface area contributed by atoms with Crippen molar-refractivity contribution < 1.29 is 4.74 Å². The zero-order chi connectivity index (χ0) is 22.4. The van der Waals surface area contributed by atoms with Gasteiger partial charge in [-0.2, -0.15) is 0 Å². The summed E-state index contributed by atoms with van der Waals surface area (Å²) in [6.07, 6.45) is 3.81. The third kappa shape index (κ3) is 3.36. The molecule has 3 aromatic carbocycles. The van der Waals surface area contributed by atoms with Crippen LogP contribution in [0.3, 0.4) is 0 Å². The molecule has 4 nitrogen and oxygen atoms in total. The lowest BCUT2D eigenvalue weighted by Gasteiger charge is -2.30. The second kappa shape index (κ2) is 8.01. The Balaban J connectivity index is 1.59. The molecule has 5 heteroatoms. The summed E-state index contributed by atoms with van der Waals surface area (Å²) in [4.78, 5) is 19.5. The van der Waals surface area contributed by atoms with Crippen LogP contribution in [0, 0.1) is 0 Å². The Kier molecular flexibility index (Phi) is 4.84. The maximum Gasteiger partial charge on any atom is 0.271 e. The number of hydrogen-bond acceptors (Lipinski definition) is 4. The lowest BCUT2D eigenvalue weighted by atomic mass is 9.83. The van der Waals surface area contributed by atoms with Crippen LogP contribution < -0.4 is 19.6 Å². The van der Waals surface area contributed by atoms with Crippen molar-refractivity contribution in [2.45, 2.75) is 18.9 Å². The van der Waals surface area contributed by atoms with Crippen LogP contribution in [0.2, 0.25) is 0 Å². The molecule has 0 spiro atoms. The van der Waals surface area contributed by atoms with E-state index in [0.717, 1.165) is 40.2 Å². The monoisotopic (exact) mass is 450 g/mol. The number of methoxy groups -OCH3 is 1. The van der Waals surface area contributed by atoms with Crippen molar-refractivity contribution in [3.63, 3.8) is 0 Å². The van der Waals surface area contributed by atoms with Gasteiger partial charge in [-0.25, -0.2) is 4.99 Å². The van der Waals surface area contributed by atoms with E-state index in [9.17, 15) is 4.79 Å². The van der Waals surface area contributed by atoms with Crippen molar-refractivity contribution in [2.24, 2.45) is 4.99 Å². The summed E-state index contributed by atoms with van der Waals surface area (Å²) >= 11 is 1.46. The van der Waals surface area contributed by atoms with Crippen molar-refractivity contribution in [3.8, 4) is 5.75 Å². The Morgan fingerprint density at radius 2 is 1.73 bits per heavy atom. The van der Waals surface area contributed by atoms with E-state index in [-0.39, 0.29) is 11.6 Å². The molecule has 1 aliphatic carbocycles. The molecule has 0 N–H and O–H groups in total. The molecule has 1 aliphatic heterocycles. The highest BCUT2D eigenvalue weighted by atomic mass is 32.1. The second-order valence-electron chi connectivity index (χ2n) is 8.30. The highest BCUT2D eigenvalue weighted by Crippen LogP contribution is 2.41. The van der Waals surface area contributed by atoms with Gasteiger partial charge in [0.1, 0.15) is 5.75 Å². The van der Waals surface area contributed by atoms with E-state index >= 15 is 0 Å². The topological polar surface area (TPSA) is 43.6 Å². The molecule has 0 fully saturated rings. The number of allylic oxidation sites excluding steroid dienone is 1. The molecule has 0 saturated heterocycles. The number of nitrogens with zero attached hydrogens (tertiary/aromatic N) is 2. The van der Waals surface area contributed by atoms with E-state index in [2.05, 4.69) is 36.4 Å². The molecule has 0 unspecified atom stereocenters. The standard InChI is InChI=1S/C28H22N2O2S/c1-32-21-14-11-18(12-15-21)17-24-27(31)30-26(20-8-3-2-4-9-20)23-16-13-19-7-5-6-10-22(19)25(23)29-28(30)33-24/h2-12,14-15,17,26H,13,16H2,1H3/b24-17-/t26-/m0/s1. The molecule has 162 valence electrons. The molecule has 0 saturated carbocycles. The first-order chi connectivity index (χ1) is 16.2. The fourth-order valence-electron chi connectivity index (χ4n) is 4.81. The second-order valence-corrected chi connectivity index (χ2v) is 9.31. The Morgan fingerprint density at radius 3 is 2.52 bits per heavy atom. The third-order valence-corrected chi connectivity index (χ3v) is 7.38. The van der Waals surface area contributed by atoms with E-state index in [4.69, 9.17) is 9.73 Å². The van der Waals surface area contributed by atoms with Crippen LogP contribution in [0.1, 0.15) is 34.7 Å². The Morgan fingerprint density at radius 1 is 0.970 bits per heavy atom. The lowest BCUT2D eigenvalue weighted by molar-refractivity contribution is 0.415. The summed E-state index contributed by atoms with van der Waals surface area (Å²) in [7, 11) is 1.65. The van der Waals surface area contributed by atoms with E-state index in [1.165, 1.54) is 28.0 Å². The summed E-state index contributed by atoms with van der Waals surface area (Å²) in [5, 5.41) is 0. The minimum absolute atomic E-state index is 0.00818. The predicted octanol–water partition coefficient (Wildman–Crippen LogP) is 4.33. The molecule has 6 rings (SSSR count). The maximum atomic E-state index is 13.7. The SMILES string of the molecule is COc1ccc(/C=c2\sc3n(c2=O)[C@@H](c2ccccc2)C2=C(N=3)c3ccccc3CC2)cc1. The number of thiazole rings is 1. The number of fused-ring (bicyclic) bond motifs is 3. The third-order valence-electron chi connectivity index (χ3n) is 6.40.